The maximum atomic E-state index is 12.3. The van der Waals surface area contributed by atoms with Crippen LogP contribution in [0.25, 0.3) is 0 Å². The number of thioether (sulfide) groups is 1. The summed E-state index contributed by atoms with van der Waals surface area (Å²) in [6.07, 6.45) is 1.74. The van der Waals surface area contributed by atoms with Gasteiger partial charge in [0, 0.05) is 11.4 Å². The first kappa shape index (κ1) is 14.2. The summed E-state index contributed by atoms with van der Waals surface area (Å²) >= 11 is 1.68. The highest BCUT2D eigenvalue weighted by Crippen LogP contribution is 2.36. The summed E-state index contributed by atoms with van der Waals surface area (Å²) in [6.45, 7) is 2.82. The number of aryl methyl sites for hydroxylation is 1. The maximum Gasteiger partial charge on any atom is 0.233 e. The average Bonchev–Trinajstić information content (AvgIpc) is 2.93. The molecule has 1 amide bonds. The van der Waals surface area contributed by atoms with E-state index in [0.29, 0.717) is 6.54 Å². The van der Waals surface area contributed by atoms with Crippen LogP contribution >= 0.6 is 11.8 Å². The van der Waals surface area contributed by atoms with Crippen LogP contribution in [0.2, 0.25) is 0 Å². The second-order valence-corrected chi connectivity index (χ2v) is 6.63. The van der Waals surface area contributed by atoms with E-state index in [1.165, 1.54) is 21.6 Å². The molecule has 3 rings (SSSR count). The molecule has 1 N–H and O–H groups in total. The van der Waals surface area contributed by atoms with Crippen LogP contribution in [-0.2, 0) is 17.6 Å². The predicted molar refractivity (Wildman–Crippen MR) is 87.7 cm³/mol. The Morgan fingerprint density at radius 3 is 2.76 bits per heavy atom. The molecule has 2 aromatic rings. The molecule has 0 saturated carbocycles. The highest BCUT2D eigenvalue weighted by atomic mass is 32.2. The van der Waals surface area contributed by atoms with Crippen molar-refractivity contribution in [3.63, 3.8) is 0 Å². The zero-order valence-corrected chi connectivity index (χ0v) is 13.0. The Balaban J connectivity index is 1.51. The standard InChI is InChI=1S/C18H19NOS/c1-13-6-2-3-7-14(13)10-11-19-18(20)17-12-15-8-4-5-9-16(15)21-17/h2-9,17H,10-12H2,1H3,(H,19,20). The fourth-order valence-corrected chi connectivity index (χ4v) is 3.87. The van der Waals surface area contributed by atoms with Gasteiger partial charge < -0.3 is 5.32 Å². The molecular formula is C18H19NOS. The van der Waals surface area contributed by atoms with Gasteiger partial charge in [0.05, 0.1) is 5.25 Å². The molecule has 1 aliphatic rings. The summed E-state index contributed by atoms with van der Waals surface area (Å²) in [6, 6.07) is 16.6. The monoisotopic (exact) mass is 297 g/mol. The van der Waals surface area contributed by atoms with Crippen LogP contribution in [0.1, 0.15) is 16.7 Å². The van der Waals surface area contributed by atoms with Crippen molar-refractivity contribution in [2.24, 2.45) is 0 Å². The summed E-state index contributed by atoms with van der Waals surface area (Å²) in [5.41, 5.74) is 3.89. The minimum absolute atomic E-state index is 0.0271. The van der Waals surface area contributed by atoms with Crippen LogP contribution in [0.15, 0.2) is 53.4 Å². The number of hydrogen-bond acceptors (Lipinski definition) is 2. The van der Waals surface area contributed by atoms with Gasteiger partial charge in [0.25, 0.3) is 0 Å². The fraction of sp³-hybridized carbons (Fsp3) is 0.278. The van der Waals surface area contributed by atoms with Crippen molar-refractivity contribution in [1.29, 1.82) is 0 Å². The Morgan fingerprint density at radius 1 is 1.19 bits per heavy atom. The third-order valence-electron chi connectivity index (χ3n) is 3.89. The molecule has 1 aliphatic heterocycles. The Hall–Kier alpha value is -1.74. The molecule has 0 fully saturated rings. The van der Waals surface area contributed by atoms with Gasteiger partial charge in [-0.15, -0.1) is 11.8 Å². The second kappa shape index (κ2) is 6.35. The first-order chi connectivity index (χ1) is 10.2. The largest absolute Gasteiger partial charge is 0.355 e. The van der Waals surface area contributed by atoms with E-state index in [9.17, 15) is 4.79 Å². The van der Waals surface area contributed by atoms with Crippen LogP contribution in [-0.4, -0.2) is 17.7 Å². The fourth-order valence-electron chi connectivity index (χ4n) is 2.65. The number of amides is 1. The third kappa shape index (κ3) is 3.30. The molecule has 0 radical (unpaired) electrons. The van der Waals surface area contributed by atoms with Gasteiger partial charge in [0.1, 0.15) is 0 Å². The van der Waals surface area contributed by atoms with Gasteiger partial charge in [-0.3, -0.25) is 4.79 Å². The third-order valence-corrected chi connectivity index (χ3v) is 5.21. The highest BCUT2D eigenvalue weighted by Gasteiger charge is 2.27. The normalized spacial score (nSPS) is 16.5. The lowest BCUT2D eigenvalue weighted by Crippen LogP contribution is -2.33. The smallest absolute Gasteiger partial charge is 0.233 e. The van der Waals surface area contributed by atoms with E-state index in [1.54, 1.807) is 11.8 Å². The first-order valence-corrected chi connectivity index (χ1v) is 8.19. The molecule has 2 aromatic carbocycles. The van der Waals surface area contributed by atoms with Crippen LogP contribution < -0.4 is 5.32 Å². The van der Waals surface area contributed by atoms with E-state index in [0.717, 1.165) is 12.8 Å². The minimum atomic E-state index is 0.0271. The molecule has 0 bridgehead atoms. The van der Waals surface area contributed by atoms with Crippen LogP contribution in [0.4, 0.5) is 0 Å². The van der Waals surface area contributed by atoms with E-state index < -0.39 is 0 Å². The predicted octanol–water partition coefficient (Wildman–Crippen LogP) is 3.37. The minimum Gasteiger partial charge on any atom is -0.355 e. The van der Waals surface area contributed by atoms with Crippen molar-refractivity contribution in [2.75, 3.05) is 6.54 Å². The summed E-state index contributed by atoms with van der Waals surface area (Å²) in [7, 11) is 0. The Bertz CT molecular complexity index is 628. The zero-order chi connectivity index (χ0) is 14.7. The van der Waals surface area contributed by atoms with Gasteiger partial charge in [-0.05, 0) is 42.5 Å². The number of rotatable bonds is 4. The van der Waals surface area contributed by atoms with Crippen molar-refractivity contribution >= 4 is 17.7 Å². The number of carbonyl (C=O) groups is 1. The summed E-state index contributed by atoms with van der Waals surface area (Å²) in [5.74, 6) is 0.157. The molecule has 0 aromatic heterocycles. The summed E-state index contributed by atoms with van der Waals surface area (Å²) in [4.78, 5) is 13.5. The quantitative estimate of drug-likeness (QED) is 0.937. The van der Waals surface area contributed by atoms with Gasteiger partial charge >= 0.3 is 0 Å². The van der Waals surface area contributed by atoms with Gasteiger partial charge in [0.15, 0.2) is 0 Å². The SMILES string of the molecule is Cc1ccccc1CCNC(=O)C1Cc2ccccc2S1. The molecule has 1 unspecified atom stereocenters. The molecule has 1 heterocycles. The highest BCUT2D eigenvalue weighted by molar-refractivity contribution is 8.01. The van der Waals surface area contributed by atoms with Crippen molar-refractivity contribution in [1.82, 2.24) is 5.32 Å². The van der Waals surface area contributed by atoms with Crippen molar-refractivity contribution in [3.8, 4) is 0 Å². The Kier molecular flexibility index (Phi) is 4.30. The molecule has 1 atom stereocenters. The average molecular weight is 297 g/mol. The lowest BCUT2D eigenvalue weighted by molar-refractivity contribution is -0.120. The molecule has 3 heteroatoms. The number of nitrogens with one attached hydrogen (secondary N) is 1. The van der Waals surface area contributed by atoms with E-state index in [1.807, 2.05) is 24.3 Å². The van der Waals surface area contributed by atoms with Crippen LogP contribution in [0.3, 0.4) is 0 Å². The zero-order valence-electron chi connectivity index (χ0n) is 12.1. The van der Waals surface area contributed by atoms with Crippen molar-refractivity contribution < 1.29 is 4.79 Å². The Labute approximate surface area is 130 Å². The van der Waals surface area contributed by atoms with Crippen molar-refractivity contribution in [3.05, 3.63) is 65.2 Å². The Morgan fingerprint density at radius 2 is 1.95 bits per heavy atom. The topological polar surface area (TPSA) is 29.1 Å². The first-order valence-electron chi connectivity index (χ1n) is 7.31. The van der Waals surface area contributed by atoms with Gasteiger partial charge in [-0.2, -0.15) is 0 Å². The summed E-state index contributed by atoms with van der Waals surface area (Å²) in [5, 5.41) is 3.10. The molecule has 21 heavy (non-hydrogen) atoms. The maximum absolute atomic E-state index is 12.3. The molecule has 2 nitrogen and oxygen atoms in total. The van der Waals surface area contributed by atoms with E-state index in [-0.39, 0.29) is 11.2 Å². The van der Waals surface area contributed by atoms with Gasteiger partial charge in [-0.1, -0.05) is 42.5 Å². The molecule has 0 saturated heterocycles. The molecular weight excluding hydrogens is 278 g/mol. The molecule has 108 valence electrons. The van der Waals surface area contributed by atoms with E-state index in [2.05, 4.69) is 36.5 Å². The number of carbonyl (C=O) groups excluding carboxylic acids is 1. The molecule has 0 aliphatic carbocycles. The van der Waals surface area contributed by atoms with E-state index in [4.69, 9.17) is 0 Å². The number of hydrogen-bond donors (Lipinski definition) is 1. The van der Waals surface area contributed by atoms with Gasteiger partial charge in [-0.25, -0.2) is 0 Å². The number of benzene rings is 2. The van der Waals surface area contributed by atoms with E-state index >= 15 is 0 Å². The lowest BCUT2D eigenvalue weighted by Gasteiger charge is -2.11. The van der Waals surface area contributed by atoms with Crippen LogP contribution in [0, 0.1) is 6.92 Å². The number of fused-ring (bicyclic) bond motifs is 1. The second-order valence-electron chi connectivity index (χ2n) is 5.39. The van der Waals surface area contributed by atoms with Crippen LogP contribution in [0.5, 0.6) is 0 Å². The lowest BCUT2D eigenvalue weighted by atomic mass is 10.1. The molecule has 0 spiro atoms. The summed E-state index contributed by atoms with van der Waals surface area (Å²) < 4.78 is 0. The van der Waals surface area contributed by atoms with Crippen molar-refractivity contribution in [2.45, 2.75) is 29.9 Å². The van der Waals surface area contributed by atoms with Gasteiger partial charge in [0.2, 0.25) is 5.91 Å².